The number of hydrogen-bond acceptors (Lipinski definition) is 2. The summed E-state index contributed by atoms with van der Waals surface area (Å²) < 4.78 is 0. The van der Waals surface area contributed by atoms with E-state index in [1.54, 1.807) is 0 Å². The summed E-state index contributed by atoms with van der Waals surface area (Å²) in [6.07, 6.45) is 4.19. The summed E-state index contributed by atoms with van der Waals surface area (Å²) in [5.41, 5.74) is 4.68. The molecule has 1 fully saturated rings. The van der Waals surface area contributed by atoms with Crippen molar-refractivity contribution in [2.24, 2.45) is 5.92 Å². The molecule has 2 nitrogen and oxygen atoms in total. The number of benzene rings is 2. The normalized spacial score (nSPS) is 22.2. The molecule has 1 aliphatic carbocycles. The standard InChI is InChI=1S/C22H24N2/c1-24-13-12-17(15-24)14-22(16-23)20-8-4-2-6-18(20)10-11-19-7-3-5-9-21(19)22/h2-9,17H,10-15H2,1H3. The van der Waals surface area contributed by atoms with Crippen molar-refractivity contribution in [3.05, 3.63) is 70.8 Å². The summed E-state index contributed by atoms with van der Waals surface area (Å²) in [5.74, 6) is 0.592. The minimum absolute atomic E-state index is 0.500. The van der Waals surface area contributed by atoms with Gasteiger partial charge < -0.3 is 4.90 Å². The molecule has 2 aromatic rings. The van der Waals surface area contributed by atoms with E-state index in [1.165, 1.54) is 28.7 Å². The van der Waals surface area contributed by atoms with Gasteiger partial charge in [0.2, 0.25) is 0 Å². The molecule has 2 aliphatic rings. The van der Waals surface area contributed by atoms with Crippen LogP contribution in [0.15, 0.2) is 48.5 Å². The highest BCUT2D eigenvalue weighted by molar-refractivity contribution is 5.54. The van der Waals surface area contributed by atoms with E-state index in [0.717, 1.165) is 32.4 Å². The summed E-state index contributed by atoms with van der Waals surface area (Å²) in [4.78, 5) is 2.39. The highest BCUT2D eigenvalue weighted by atomic mass is 15.1. The van der Waals surface area contributed by atoms with Crippen molar-refractivity contribution in [1.82, 2.24) is 4.90 Å². The van der Waals surface area contributed by atoms with Gasteiger partial charge in [0.25, 0.3) is 0 Å². The first-order chi connectivity index (χ1) is 11.7. The van der Waals surface area contributed by atoms with Gasteiger partial charge >= 0.3 is 0 Å². The number of fused-ring (bicyclic) bond motifs is 2. The average molecular weight is 316 g/mol. The Hall–Kier alpha value is -2.11. The second-order valence-corrected chi connectivity index (χ2v) is 7.45. The van der Waals surface area contributed by atoms with Crippen LogP contribution in [0.5, 0.6) is 0 Å². The molecule has 4 rings (SSSR count). The molecule has 0 amide bonds. The maximum atomic E-state index is 10.4. The van der Waals surface area contributed by atoms with Crippen LogP contribution in [0.4, 0.5) is 0 Å². The van der Waals surface area contributed by atoms with Crippen molar-refractivity contribution in [2.45, 2.75) is 31.1 Å². The molecule has 1 aliphatic heterocycles. The van der Waals surface area contributed by atoms with Gasteiger partial charge in [0, 0.05) is 6.54 Å². The SMILES string of the molecule is CN1CCC(CC2(C#N)c3ccccc3CCc3ccccc32)C1. The Kier molecular flexibility index (Phi) is 3.90. The number of rotatable bonds is 2. The van der Waals surface area contributed by atoms with Crippen LogP contribution in [-0.2, 0) is 18.3 Å². The topological polar surface area (TPSA) is 27.0 Å². The van der Waals surface area contributed by atoms with Gasteiger partial charge in [-0.05, 0) is 67.4 Å². The third-order valence-electron chi connectivity index (χ3n) is 5.89. The Morgan fingerprint density at radius 1 is 1.04 bits per heavy atom. The molecule has 0 bridgehead atoms. The lowest BCUT2D eigenvalue weighted by Crippen LogP contribution is -2.31. The van der Waals surface area contributed by atoms with E-state index >= 15 is 0 Å². The maximum absolute atomic E-state index is 10.4. The van der Waals surface area contributed by atoms with E-state index in [-0.39, 0.29) is 0 Å². The Labute approximate surface area is 144 Å². The first-order valence-corrected chi connectivity index (χ1v) is 8.99. The van der Waals surface area contributed by atoms with E-state index in [9.17, 15) is 5.26 Å². The van der Waals surface area contributed by atoms with Gasteiger partial charge in [-0.3, -0.25) is 0 Å². The molecule has 2 heteroatoms. The van der Waals surface area contributed by atoms with Crippen LogP contribution in [0, 0.1) is 17.2 Å². The van der Waals surface area contributed by atoms with Crippen LogP contribution in [-0.4, -0.2) is 25.0 Å². The summed E-state index contributed by atoms with van der Waals surface area (Å²) in [6, 6.07) is 20.0. The third kappa shape index (κ3) is 2.44. The van der Waals surface area contributed by atoms with Crippen molar-refractivity contribution < 1.29 is 0 Å². The molecule has 1 unspecified atom stereocenters. The van der Waals surface area contributed by atoms with Crippen molar-refractivity contribution in [1.29, 1.82) is 5.26 Å². The number of aryl methyl sites for hydroxylation is 2. The molecule has 0 spiro atoms. The van der Waals surface area contributed by atoms with Gasteiger partial charge in [-0.2, -0.15) is 5.26 Å². The number of nitrogens with zero attached hydrogens (tertiary/aromatic N) is 2. The van der Waals surface area contributed by atoms with Crippen molar-refractivity contribution in [2.75, 3.05) is 20.1 Å². The molecule has 0 radical (unpaired) electrons. The lowest BCUT2D eigenvalue weighted by Gasteiger charge is -2.32. The molecule has 0 saturated carbocycles. The van der Waals surface area contributed by atoms with Crippen LogP contribution in [0.2, 0.25) is 0 Å². The quantitative estimate of drug-likeness (QED) is 0.839. The van der Waals surface area contributed by atoms with Gasteiger partial charge in [-0.25, -0.2) is 0 Å². The lowest BCUT2D eigenvalue weighted by molar-refractivity contribution is 0.368. The van der Waals surface area contributed by atoms with Crippen LogP contribution in [0.3, 0.4) is 0 Å². The Bertz CT molecular complexity index is 739. The number of nitriles is 1. The highest BCUT2D eigenvalue weighted by Crippen LogP contribution is 2.44. The van der Waals surface area contributed by atoms with Gasteiger partial charge in [0.05, 0.1) is 6.07 Å². The molecule has 24 heavy (non-hydrogen) atoms. The Morgan fingerprint density at radius 2 is 1.62 bits per heavy atom. The molecule has 0 N–H and O–H groups in total. The van der Waals surface area contributed by atoms with Gasteiger partial charge in [0.1, 0.15) is 5.41 Å². The second kappa shape index (κ2) is 6.07. The third-order valence-corrected chi connectivity index (χ3v) is 5.89. The second-order valence-electron chi connectivity index (χ2n) is 7.45. The summed E-state index contributed by atoms with van der Waals surface area (Å²) in [7, 11) is 2.19. The zero-order valence-corrected chi connectivity index (χ0v) is 14.3. The van der Waals surface area contributed by atoms with E-state index in [0.29, 0.717) is 5.92 Å². The van der Waals surface area contributed by atoms with Crippen molar-refractivity contribution in [3.63, 3.8) is 0 Å². The van der Waals surface area contributed by atoms with Crippen LogP contribution in [0.25, 0.3) is 0 Å². The lowest BCUT2D eigenvalue weighted by atomic mass is 9.68. The largest absolute Gasteiger partial charge is 0.306 e. The molecular weight excluding hydrogens is 292 g/mol. The summed E-state index contributed by atoms with van der Waals surface area (Å²) in [6.45, 7) is 2.25. The monoisotopic (exact) mass is 316 g/mol. The molecule has 1 atom stereocenters. The minimum atomic E-state index is -0.500. The predicted molar refractivity (Wildman–Crippen MR) is 96.9 cm³/mol. The average Bonchev–Trinajstić information content (AvgIpc) is 2.97. The molecule has 1 heterocycles. The molecule has 0 aromatic heterocycles. The molecular formula is C22H24N2. The van der Waals surface area contributed by atoms with Crippen molar-refractivity contribution >= 4 is 0 Å². The van der Waals surface area contributed by atoms with Gasteiger partial charge in [-0.15, -0.1) is 0 Å². The van der Waals surface area contributed by atoms with Crippen LogP contribution < -0.4 is 0 Å². The first kappa shape index (κ1) is 15.4. The summed E-state index contributed by atoms with van der Waals surface area (Å²) >= 11 is 0. The molecule has 122 valence electrons. The van der Waals surface area contributed by atoms with Gasteiger partial charge in [0.15, 0.2) is 0 Å². The van der Waals surface area contributed by atoms with Crippen LogP contribution >= 0.6 is 0 Å². The Balaban J connectivity index is 1.88. The fraction of sp³-hybridized carbons (Fsp3) is 0.409. The van der Waals surface area contributed by atoms with Crippen molar-refractivity contribution in [3.8, 4) is 6.07 Å². The first-order valence-electron chi connectivity index (χ1n) is 8.99. The zero-order chi connectivity index (χ0) is 16.6. The van der Waals surface area contributed by atoms with E-state index in [1.807, 2.05) is 0 Å². The number of likely N-dealkylation sites (tertiary alicyclic amines) is 1. The van der Waals surface area contributed by atoms with E-state index in [4.69, 9.17) is 0 Å². The van der Waals surface area contributed by atoms with E-state index < -0.39 is 5.41 Å². The fourth-order valence-electron chi connectivity index (χ4n) is 4.74. The van der Waals surface area contributed by atoms with Crippen LogP contribution in [0.1, 0.15) is 35.1 Å². The van der Waals surface area contributed by atoms with E-state index in [2.05, 4.69) is 66.5 Å². The highest BCUT2D eigenvalue weighted by Gasteiger charge is 2.42. The predicted octanol–water partition coefficient (Wildman–Crippen LogP) is 3.94. The summed E-state index contributed by atoms with van der Waals surface area (Å²) in [5, 5.41) is 10.4. The minimum Gasteiger partial charge on any atom is -0.306 e. The fourth-order valence-corrected chi connectivity index (χ4v) is 4.74. The maximum Gasteiger partial charge on any atom is 0.108 e. The number of hydrogen-bond donors (Lipinski definition) is 0. The van der Waals surface area contributed by atoms with Gasteiger partial charge in [-0.1, -0.05) is 48.5 Å². The Morgan fingerprint density at radius 3 is 2.12 bits per heavy atom. The zero-order valence-electron chi connectivity index (χ0n) is 14.3. The smallest absolute Gasteiger partial charge is 0.108 e. The molecule has 1 saturated heterocycles. The molecule has 2 aromatic carbocycles.